The predicted molar refractivity (Wildman–Crippen MR) is 90.6 cm³/mol. The maximum absolute atomic E-state index is 12.1. The van der Waals surface area contributed by atoms with Crippen molar-refractivity contribution in [3.8, 4) is 5.75 Å². The van der Waals surface area contributed by atoms with Crippen LogP contribution in [0.3, 0.4) is 0 Å². The van der Waals surface area contributed by atoms with Crippen molar-refractivity contribution in [1.82, 2.24) is 5.43 Å². The maximum atomic E-state index is 12.1. The Morgan fingerprint density at radius 3 is 2.74 bits per heavy atom. The van der Waals surface area contributed by atoms with Gasteiger partial charge in [0.15, 0.2) is 0 Å². The van der Waals surface area contributed by atoms with Crippen LogP contribution in [0.5, 0.6) is 5.75 Å². The van der Waals surface area contributed by atoms with Gasteiger partial charge < -0.3 is 4.74 Å². The molecule has 1 N–H and O–H groups in total. The lowest BCUT2D eigenvalue weighted by atomic mass is 10.1. The van der Waals surface area contributed by atoms with E-state index in [9.17, 15) is 4.79 Å². The highest BCUT2D eigenvalue weighted by atomic mass is 16.5. The molecule has 0 saturated heterocycles. The van der Waals surface area contributed by atoms with Gasteiger partial charge in [0.05, 0.1) is 12.8 Å². The second kappa shape index (κ2) is 7.09. The lowest BCUT2D eigenvalue weighted by Gasteiger charge is -2.05. The molecule has 2 aromatic carbocycles. The van der Waals surface area contributed by atoms with E-state index in [1.165, 1.54) is 5.56 Å². The second-order valence-corrected chi connectivity index (χ2v) is 5.56. The molecule has 23 heavy (non-hydrogen) atoms. The van der Waals surface area contributed by atoms with Crippen LogP contribution in [0.25, 0.3) is 0 Å². The number of carbonyl (C=O) groups is 1. The van der Waals surface area contributed by atoms with Crippen molar-refractivity contribution < 1.29 is 9.53 Å². The molecule has 0 aliphatic heterocycles. The summed E-state index contributed by atoms with van der Waals surface area (Å²) >= 11 is 0. The summed E-state index contributed by atoms with van der Waals surface area (Å²) < 4.78 is 5.53. The molecule has 2 aromatic rings. The molecule has 1 aliphatic rings. The number of amides is 1. The van der Waals surface area contributed by atoms with E-state index in [4.69, 9.17) is 4.74 Å². The summed E-state index contributed by atoms with van der Waals surface area (Å²) in [5, 5.41) is 4.07. The van der Waals surface area contributed by atoms with Crippen LogP contribution in [-0.2, 0) is 4.79 Å². The third-order valence-electron chi connectivity index (χ3n) is 3.95. The molecule has 0 bridgehead atoms. The Morgan fingerprint density at radius 1 is 1.22 bits per heavy atom. The van der Waals surface area contributed by atoms with Crippen molar-refractivity contribution in [3.63, 3.8) is 0 Å². The number of rotatable bonds is 6. The summed E-state index contributed by atoms with van der Waals surface area (Å²) in [6.45, 7) is 2.53. The van der Waals surface area contributed by atoms with E-state index in [0.29, 0.717) is 12.5 Å². The fourth-order valence-corrected chi connectivity index (χ4v) is 2.68. The summed E-state index contributed by atoms with van der Waals surface area (Å²) in [6.07, 6.45) is 2.52. The monoisotopic (exact) mass is 308 g/mol. The summed E-state index contributed by atoms with van der Waals surface area (Å²) in [4.78, 5) is 12.1. The van der Waals surface area contributed by atoms with E-state index in [1.54, 1.807) is 6.21 Å². The number of benzene rings is 2. The van der Waals surface area contributed by atoms with Crippen molar-refractivity contribution in [2.75, 3.05) is 6.61 Å². The largest absolute Gasteiger partial charge is 0.493 e. The zero-order valence-electron chi connectivity index (χ0n) is 13.1. The Hall–Kier alpha value is -2.62. The fourth-order valence-electron chi connectivity index (χ4n) is 2.68. The minimum absolute atomic E-state index is 0.0241. The average molecular weight is 308 g/mol. The molecule has 0 radical (unpaired) electrons. The topological polar surface area (TPSA) is 50.7 Å². The van der Waals surface area contributed by atoms with Gasteiger partial charge >= 0.3 is 0 Å². The van der Waals surface area contributed by atoms with Crippen molar-refractivity contribution >= 4 is 12.1 Å². The van der Waals surface area contributed by atoms with E-state index >= 15 is 0 Å². The van der Waals surface area contributed by atoms with Gasteiger partial charge in [0, 0.05) is 11.5 Å². The van der Waals surface area contributed by atoms with Crippen molar-refractivity contribution in [2.45, 2.75) is 19.3 Å². The molecule has 0 heterocycles. The van der Waals surface area contributed by atoms with Crippen LogP contribution < -0.4 is 10.2 Å². The maximum Gasteiger partial charge on any atom is 0.243 e. The van der Waals surface area contributed by atoms with Crippen LogP contribution in [-0.4, -0.2) is 18.7 Å². The first-order valence-corrected chi connectivity index (χ1v) is 7.89. The van der Waals surface area contributed by atoms with E-state index < -0.39 is 0 Å². The molecule has 2 atom stereocenters. The highest BCUT2D eigenvalue weighted by Crippen LogP contribution is 2.47. The first kappa shape index (κ1) is 15.3. The van der Waals surface area contributed by atoms with Gasteiger partial charge in [-0.15, -0.1) is 0 Å². The highest BCUT2D eigenvalue weighted by molar-refractivity contribution is 5.87. The van der Waals surface area contributed by atoms with Crippen molar-refractivity contribution in [1.29, 1.82) is 0 Å². The number of hydrogen-bond acceptors (Lipinski definition) is 3. The number of hydrogen-bond donors (Lipinski definition) is 1. The normalized spacial score (nSPS) is 19.5. The first-order chi connectivity index (χ1) is 11.3. The molecule has 4 heteroatoms. The molecule has 0 spiro atoms. The van der Waals surface area contributed by atoms with Crippen LogP contribution in [0, 0.1) is 5.92 Å². The number of nitrogens with one attached hydrogen (secondary N) is 1. The smallest absolute Gasteiger partial charge is 0.243 e. The predicted octanol–water partition coefficient (Wildman–Crippen LogP) is 3.34. The number of ether oxygens (including phenoxy) is 1. The van der Waals surface area contributed by atoms with Gasteiger partial charge in [0.1, 0.15) is 5.75 Å². The minimum Gasteiger partial charge on any atom is -0.493 e. The van der Waals surface area contributed by atoms with Gasteiger partial charge in [0.25, 0.3) is 0 Å². The molecule has 1 amide bonds. The summed E-state index contributed by atoms with van der Waals surface area (Å²) in [5.74, 6) is 1.09. The number of carbonyl (C=O) groups excluding carboxylic acids is 1. The van der Waals surface area contributed by atoms with Gasteiger partial charge in [-0.1, -0.05) is 42.5 Å². The number of para-hydroxylation sites is 1. The Balaban J connectivity index is 1.56. The quantitative estimate of drug-likeness (QED) is 0.657. The zero-order chi connectivity index (χ0) is 16.1. The molecule has 118 valence electrons. The van der Waals surface area contributed by atoms with E-state index in [1.807, 2.05) is 49.4 Å². The SMILES string of the molecule is CCOc1ccccc1C=NNC(=O)C1CC1c1ccccc1. The third-order valence-corrected chi connectivity index (χ3v) is 3.95. The molecule has 0 aromatic heterocycles. The number of hydrazone groups is 1. The molecule has 3 rings (SSSR count). The molecule has 1 fully saturated rings. The third kappa shape index (κ3) is 3.77. The van der Waals surface area contributed by atoms with E-state index in [-0.39, 0.29) is 11.8 Å². The first-order valence-electron chi connectivity index (χ1n) is 7.89. The van der Waals surface area contributed by atoms with Gasteiger partial charge in [0.2, 0.25) is 5.91 Å². The molecular weight excluding hydrogens is 288 g/mol. The fraction of sp³-hybridized carbons (Fsp3) is 0.263. The van der Waals surface area contributed by atoms with E-state index in [2.05, 4.69) is 22.7 Å². The van der Waals surface area contributed by atoms with Gasteiger partial charge in [-0.05, 0) is 37.0 Å². The molecular formula is C19H20N2O2. The second-order valence-electron chi connectivity index (χ2n) is 5.56. The van der Waals surface area contributed by atoms with Crippen LogP contribution in [0.1, 0.15) is 30.4 Å². The molecule has 2 unspecified atom stereocenters. The zero-order valence-corrected chi connectivity index (χ0v) is 13.1. The Morgan fingerprint density at radius 2 is 1.96 bits per heavy atom. The van der Waals surface area contributed by atoms with Crippen LogP contribution in [0.2, 0.25) is 0 Å². The summed E-state index contributed by atoms with van der Waals surface area (Å²) in [6, 6.07) is 17.8. The summed E-state index contributed by atoms with van der Waals surface area (Å²) in [7, 11) is 0. The molecule has 4 nitrogen and oxygen atoms in total. The molecule has 1 saturated carbocycles. The highest BCUT2D eigenvalue weighted by Gasteiger charge is 2.43. The Kier molecular flexibility index (Phi) is 4.71. The standard InChI is InChI=1S/C19H20N2O2/c1-2-23-18-11-7-6-10-15(18)13-20-21-19(22)17-12-16(17)14-8-4-3-5-9-14/h3-11,13,16-17H,2,12H2,1H3,(H,21,22). The van der Waals surface area contributed by atoms with Gasteiger partial charge in [-0.2, -0.15) is 5.10 Å². The van der Waals surface area contributed by atoms with Crippen LogP contribution in [0.4, 0.5) is 0 Å². The van der Waals surface area contributed by atoms with Crippen molar-refractivity contribution in [2.24, 2.45) is 11.0 Å². The van der Waals surface area contributed by atoms with Crippen LogP contribution >= 0.6 is 0 Å². The summed E-state index contributed by atoms with van der Waals surface area (Å²) in [5.41, 5.74) is 4.71. The van der Waals surface area contributed by atoms with E-state index in [0.717, 1.165) is 17.7 Å². The van der Waals surface area contributed by atoms with Crippen molar-refractivity contribution in [3.05, 3.63) is 65.7 Å². The lowest BCUT2D eigenvalue weighted by Crippen LogP contribution is -2.20. The molecule has 1 aliphatic carbocycles. The lowest BCUT2D eigenvalue weighted by molar-refractivity contribution is -0.122. The average Bonchev–Trinajstić information content (AvgIpc) is 3.38. The van der Waals surface area contributed by atoms with Gasteiger partial charge in [-0.25, -0.2) is 5.43 Å². The Bertz CT molecular complexity index is 698. The Labute approximate surface area is 136 Å². The van der Waals surface area contributed by atoms with Crippen LogP contribution in [0.15, 0.2) is 59.7 Å². The number of nitrogens with zero attached hydrogens (tertiary/aromatic N) is 1. The minimum atomic E-state index is -0.0241. The van der Waals surface area contributed by atoms with Gasteiger partial charge in [-0.3, -0.25) is 4.79 Å².